The van der Waals surface area contributed by atoms with Gasteiger partial charge in [0.1, 0.15) is 6.61 Å². The summed E-state index contributed by atoms with van der Waals surface area (Å²) in [6, 6.07) is 11.0. The van der Waals surface area contributed by atoms with Crippen molar-refractivity contribution in [1.82, 2.24) is 4.98 Å². The van der Waals surface area contributed by atoms with Gasteiger partial charge in [0.15, 0.2) is 22.4 Å². The fourth-order valence-electron chi connectivity index (χ4n) is 2.91. The molecule has 30 heavy (non-hydrogen) atoms. The number of amides is 1. The van der Waals surface area contributed by atoms with Crippen LogP contribution in [-0.2, 0) is 11.4 Å². The summed E-state index contributed by atoms with van der Waals surface area (Å²) in [5.74, 6) is 0.856. The number of ether oxygens (including phenoxy) is 2. The number of methoxy groups -OCH3 is 1. The number of nitrogens with zero attached hydrogens (tertiary/aromatic N) is 2. The van der Waals surface area contributed by atoms with Crippen molar-refractivity contribution in [2.24, 2.45) is 0 Å². The average molecular weight is 425 g/mol. The topological polar surface area (TPSA) is 68.7 Å². The van der Waals surface area contributed by atoms with Crippen LogP contribution in [0, 0.1) is 13.8 Å². The molecule has 0 aliphatic carbocycles. The summed E-state index contributed by atoms with van der Waals surface area (Å²) in [4.78, 5) is 30.0. The molecule has 3 aromatic rings. The molecule has 7 heteroatoms. The van der Waals surface area contributed by atoms with Crippen molar-refractivity contribution >= 4 is 33.8 Å². The van der Waals surface area contributed by atoms with Gasteiger partial charge < -0.3 is 9.47 Å². The standard InChI is InChI=1S/C23H24N2O4S/c1-14-6-8-20(10-15(14)2)25(17(4)27)23-24-19(13-30-23)12-29-21-9-7-18(16(3)26)11-22(21)28-5/h6-11,13H,12H2,1-5H3. The monoisotopic (exact) mass is 424 g/mol. The van der Waals surface area contributed by atoms with Crippen LogP contribution in [0.1, 0.15) is 41.0 Å². The zero-order valence-corrected chi connectivity index (χ0v) is 18.5. The number of rotatable bonds is 7. The Bertz CT molecular complexity index is 1090. The third kappa shape index (κ3) is 4.68. The van der Waals surface area contributed by atoms with Crippen LogP contribution in [0.15, 0.2) is 41.8 Å². The van der Waals surface area contributed by atoms with E-state index in [0.717, 1.165) is 11.3 Å². The minimum Gasteiger partial charge on any atom is -0.493 e. The Labute approximate surface area is 180 Å². The summed E-state index contributed by atoms with van der Waals surface area (Å²) >= 11 is 1.38. The van der Waals surface area contributed by atoms with Gasteiger partial charge in [-0.05, 0) is 62.2 Å². The lowest BCUT2D eigenvalue weighted by Gasteiger charge is -2.19. The molecule has 0 spiro atoms. The summed E-state index contributed by atoms with van der Waals surface area (Å²) in [7, 11) is 1.53. The van der Waals surface area contributed by atoms with Crippen LogP contribution in [0.3, 0.4) is 0 Å². The summed E-state index contributed by atoms with van der Waals surface area (Å²) in [6.07, 6.45) is 0. The summed E-state index contributed by atoms with van der Waals surface area (Å²) < 4.78 is 11.2. The highest BCUT2D eigenvalue weighted by Crippen LogP contribution is 2.32. The molecule has 156 valence electrons. The second-order valence-corrected chi connectivity index (χ2v) is 7.79. The van der Waals surface area contributed by atoms with Gasteiger partial charge in [-0.15, -0.1) is 11.3 Å². The van der Waals surface area contributed by atoms with Crippen LogP contribution in [0.2, 0.25) is 0 Å². The van der Waals surface area contributed by atoms with E-state index in [1.165, 1.54) is 37.9 Å². The van der Waals surface area contributed by atoms with Crippen molar-refractivity contribution in [3.05, 3.63) is 64.2 Å². The highest BCUT2D eigenvalue weighted by molar-refractivity contribution is 7.14. The van der Waals surface area contributed by atoms with Gasteiger partial charge in [-0.25, -0.2) is 4.98 Å². The van der Waals surface area contributed by atoms with Gasteiger partial charge in [-0.3, -0.25) is 14.5 Å². The molecule has 0 aliphatic rings. The molecule has 1 aromatic heterocycles. The lowest BCUT2D eigenvalue weighted by molar-refractivity contribution is -0.115. The zero-order valence-electron chi connectivity index (χ0n) is 17.7. The first-order valence-electron chi connectivity index (χ1n) is 9.44. The maximum atomic E-state index is 12.3. The molecule has 2 aromatic carbocycles. The van der Waals surface area contributed by atoms with E-state index < -0.39 is 0 Å². The van der Waals surface area contributed by atoms with E-state index in [1.54, 1.807) is 23.1 Å². The van der Waals surface area contributed by atoms with Gasteiger partial charge in [0.25, 0.3) is 0 Å². The lowest BCUT2D eigenvalue weighted by Crippen LogP contribution is -2.22. The minimum atomic E-state index is -0.110. The maximum Gasteiger partial charge on any atom is 0.230 e. The summed E-state index contributed by atoms with van der Waals surface area (Å²) in [5.41, 5.74) is 4.32. The van der Waals surface area contributed by atoms with Gasteiger partial charge >= 0.3 is 0 Å². The van der Waals surface area contributed by atoms with E-state index in [-0.39, 0.29) is 18.3 Å². The molecule has 0 fully saturated rings. The molecule has 0 unspecified atom stereocenters. The van der Waals surface area contributed by atoms with Gasteiger partial charge in [-0.1, -0.05) is 6.07 Å². The van der Waals surface area contributed by atoms with E-state index in [2.05, 4.69) is 4.98 Å². The molecule has 0 saturated heterocycles. The number of anilines is 2. The van der Waals surface area contributed by atoms with E-state index in [4.69, 9.17) is 9.47 Å². The third-order valence-electron chi connectivity index (χ3n) is 4.74. The molecule has 0 radical (unpaired) electrons. The highest BCUT2D eigenvalue weighted by atomic mass is 32.1. The quantitative estimate of drug-likeness (QED) is 0.486. The van der Waals surface area contributed by atoms with Crippen LogP contribution in [0.25, 0.3) is 0 Å². The van der Waals surface area contributed by atoms with Crippen LogP contribution in [0.4, 0.5) is 10.8 Å². The smallest absolute Gasteiger partial charge is 0.230 e. The van der Waals surface area contributed by atoms with Crippen LogP contribution in [0.5, 0.6) is 11.5 Å². The minimum absolute atomic E-state index is 0.0420. The number of Topliss-reactive ketones (excluding diaryl/α,β-unsaturated/α-hetero) is 1. The molecule has 1 heterocycles. The predicted octanol–water partition coefficient (Wildman–Crippen LogP) is 5.23. The van der Waals surface area contributed by atoms with E-state index in [9.17, 15) is 9.59 Å². The summed E-state index contributed by atoms with van der Waals surface area (Å²) in [6.45, 7) is 7.29. The number of ketones is 1. The Morgan fingerprint density at radius 2 is 1.80 bits per heavy atom. The van der Waals surface area contributed by atoms with Crippen molar-refractivity contribution in [3.8, 4) is 11.5 Å². The Kier molecular flexibility index (Phi) is 6.52. The van der Waals surface area contributed by atoms with Gasteiger partial charge in [0.2, 0.25) is 5.91 Å². The first-order chi connectivity index (χ1) is 14.3. The molecule has 0 bridgehead atoms. The lowest BCUT2D eigenvalue weighted by atomic mass is 10.1. The van der Waals surface area contributed by atoms with Crippen LogP contribution >= 0.6 is 11.3 Å². The van der Waals surface area contributed by atoms with Crippen molar-refractivity contribution in [1.29, 1.82) is 0 Å². The van der Waals surface area contributed by atoms with Crippen molar-refractivity contribution in [3.63, 3.8) is 0 Å². The van der Waals surface area contributed by atoms with Crippen LogP contribution in [-0.4, -0.2) is 23.8 Å². The average Bonchev–Trinajstić information content (AvgIpc) is 3.17. The fraction of sp³-hybridized carbons (Fsp3) is 0.261. The predicted molar refractivity (Wildman–Crippen MR) is 118 cm³/mol. The molecular formula is C23H24N2O4S. The van der Waals surface area contributed by atoms with E-state index >= 15 is 0 Å². The number of benzene rings is 2. The number of thiazole rings is 1. The Hall–Kier alpha value is -3.19. The third-order valence-corrected chi connectivity index (χ3v) is 5.61. The van der Waals surface area contributed by atoms with Gasteiger partial charge in [-0.2, -0.15) is 0 Å². The Morgan fingerprint density at radius 3 is 2.43 bits per heavy atom. The number of aromatic nitrogens is 1. The molecule has 1 amide bonds. The SMILES string of the molecule is COc1cc(C(C)=O)ccc1OCc1csc(N(C(C)=O)c2ccc(C)c(C)c2)n1. The van der Waals surface area contributed by atoms with E-state index in [0.29, 0.717) is 27.9 Å². The van der Waals surface area contributed by atoms with Crippen molar-refractivity contribution in [2.45, 2.75) is 34.3 Å². The Morgan fingerprint density at radius 1 is 1.03 bits per heavy atom. The number of carbonyl (C=O) groups excluding carboxylic acids is 2. The van der Waals surface area contributed by atoms with Gasteiger partial charge in [0.05, 0.1) is 18.5 Å². The largest absolute Gasteiger partial charge is 0.493 e. The van der Waals surface area contributed by atoms with Crippen molar-refractivity contribution in [2.75, 3.05) is 12.0 Å². The molecule has 0 N–H and O–H groups in total. The highest BCUT2D eigenvalue weighted by Gasteiger charge is 2.19. The number of aryl methyl sites for hydroxylation is 2. The maximum absolute atomic E-state index is 12.3. The first-order valence-corrected chi connectivity index (χ1v) is 10.3. The van der Waals surface area contributed by atoms with Crippen LogP contribution < -0.4 is 14.4 Å². The van der Waals surface area contributed by atoms with Crippen molar-refractivity contribution < 1.29 is 19.1 Å². The molecule has 0 atom stereocenters. The molecular weight excluding hydrogens is 400 g/mol. The van der Waals surface area contributed by atoms with E-state index in [1.807, 2.05) is 37.4 Å². The molecule has 0 saturated carbocycles. The normalized spacial score (nSPS) is 10.6. The number of hydrogen-bond acceptors (Lipinski definition) is 6. The molecule has 6 nitrogen and oxygen atoms in total. The second-order valence-electron chi connectivity index (χ2n) is 6.95. The molecule has 3 rings (SSSR count). The zero-order chi connectivity index (χ0) is 21.8. The molecule has 0 aliphatic heterocycles. The summed E-state index contributed by atoms with van der Waals surface area (Å²) in [5, 5.41) is 2.45. The number of hydrogen-bond donors (Lipinski definition) is 0. The fourth-order valence-corrected chi connectivity index (χ4v) is 3.79. The first kappa shape index (κ1) is 21.5. The van der Waals surface area contributed by atoms with Gasteiger partial charge in [0, 0.05) is 17.9 Å². The number of carbonyl (C=O) groups is 2. The second kappa shape index (κ2) is 9.09. The Balaban J connectivity index is 1.79.